The number of nitrogens with one attached hydrogen (secondary N) is 1. The lowest BCUT2D eigenvalue weighted by atomic mass is 10.3. The summed E-state index contributed by atoms with van der Waals surface area (Å²) in [5.41, 5.74) is 2.04. The predicted octanol–water partition coefficient (Wildman–Crippen LogP) is 2.45. The number of benzene rings is 1. The number of ether oxygens (including phenoxy) is 1. The van der Waals surface area contributed by atoms with E-state index in [-0.39, 0.29) is 0 Å². The minimum atomic E-state index is 0.686. The first-order chi connectivity index (χ1) is 8.76. The van der Waals surface area contributed by atoms with Crippen LogP contribution in [-0.4, -0.2) is 29.8 Å². The van der Waals surface area contributed by atoms with Gasteiger partial charge < -0.3 is 14.6 Å². The van der Waals surface area contributed by atoms with Crippen LogP contribution in [0.15, 0.2) is 18.2 Å². The maximum Gasteiger partial charge on any atom is 0.123 e. The van der Waals surface area contributed by atoms with E-state index in [1.807, 2.05) is 32.2 Å². The number of rotatable bonds is 6. The Balaban J connectivity index is 2.36. The van der Waals surface area contributed by atoms with Gasteiger partial charge in [-0.25, -0.2) is 4.98 Å². The first-order valence-electron chi connectivity index (χ1n) is 6.13. The number of imidazole rings is 1. The topological polar surface area (TPSA) is 39.1 Å². The molecule has 0 spiro atoms. The number of fused-ring (bicyclic) bond motifs is 1. The third-order valence-electron chi connectivity index (χ3n) is 2.79. The lowest BCUT2D eigenvalue weighted by Crippen LogP contribution is -2.14. The van der Waals surface area contributed by atoms with E-state index in [0.717, 1.165) is 41.6 Å². The molecular weight excluding hydrogens is 250 g/mol. The molecule has 1 N–H and O–H groups in total. The standard InChI is InChI=1S/C13H18ClN3O/c1-3-18-7-6-17-12-8-10(14)4-5-11(12)16-13(17)9-15-2/h4-5,8,15H,3,6-7,9H2,1-2H3. The maximum atomic E-state index is 6.05. The van der Waals surface area contributed by atoms with Crippen molar-refractivity contribution in [1.82, 2.24) is 14.9 Å². The Labute approximate surface area is 112 Å². The van der Waals surface area contributed by atoms with Gasteiger partial charge in [-0.05, 0) is 32.2 Å². The van der Waals surface area contributed by atoms with Gasteiger partial charge in [0, 0.05) is 18.2 Å². The summed E-state index contributed by atoms with van der Waals surface area (Å²) in [6.07, 6.45) is 0. The summed E-state index contributed by atoms with van der Waals surface area (Å²) >= 11 is 6.05. The van der Waals surface area contributed by atoms with Gasteiger partial charge in [0.05, 0.1) is 24.2 Å². The van der Waals surface area contributed by atoms with Gasteiger partial charge in [-0.15, -0.1) is 0 Å². The molecule has 18 heavy (non-hydrogen) atoms. The summed E-state index contributed by atoms with van der Waals surface area (Å²) < 4.78 is 7.58. The molecule has 0 unspecified atom stereocenters. The van der Waals surface area contributed by atoms with E-state index in [4.69, 9.17) is 16.3 Å². The zero-order valence-corrected chi connectivity index (χ0v) is 11.5. The molecular formula is C13H18ClN3O. The predicted molar refractivity (Wildman–Crippen MR) is 74.0 cm³/mol. The molecule has 1 aromatic carbocycles. The second-order valence-corrected chi connectivity index (χ2v) is 4.48. The molecule has 2 aromatic rings. The van der Waals surface area contributed by atoms with Crippen LogP contribution in [0.2, 0.25) is 5.02 Å². The van der Waals surface area contributed by atoms with Crippen LogP contribution in [0.25, 0.3) is 11.0 Å². The van der Waals surface area contributed by atoms with Gasteiger partial charge in [-0.1, -0.05) is 11.6 Å². The van der Waals surface area contributed by atoms with E-state index in [1.54, 1.807) is 0 Å². The maximum absolute atomic E-state index is 6.05. The van der Waals surface area contributed by atoms with Gasteiger partial charge in [0.1, 0.15) is 5.82 Å². The van der Waals surface area contributed by atoms with Gasteiger partial charge in [0.2, 0.25) is 0 Å². The second kappa shape index (κ2) is 6.18. The molecule has 1 heterocycles. The monoisotopic (exact) mass is 267 g/mol. The van der Waals surface area contributed by atoms with Gasteiger partial charge in [0.25, 0.3) is 0 Å². The molecule has 0 aliphatic heterocycles. The molecule has 0 radical (unpaired) electrons. The van der Waals surface area contributed by atoms with E-state index in [2.05, 4.69) is 14.9 Å². The third-order valence-corrected chi connectivity index (χ3v) is 3.02. The van der Waals surface area contributed by atoms with Crippen LogP contribution in [0, 0.1) is 0 Å². The first kappa shape index (κ1) is 13.3. The minimum Gasteiger partial charge on any atom is -0.380 e. The molecule has 0 saturated carbocycles. The van der Waals surface area contributed by atoms with Crippen molar-refractivity contribution in [2.45, 2.75) is 20.0 Å². The summed E-state index contributed by atoms with van der Waals surface area (Å²) in [7, 11) is 1.92. The van der Waals surface area contributed by atoms with Crippen molar-refractivity contribution < 1.29 is 4.74 Å². The number of hydrogen-bond donors (Lipinski definition) is 1. The van der Waals surface area contributed by atoms with Crippen molar-refractivity contribution in [2.75, 3.05) is 20.3 Å². The molecule has 0 fully saturated rings. The van der Waals surface area contributed by atoms with E-state index < -0.39 is 0 Å². The van der Waals surface area contributed by atoms with Gasteiger partial charge in [0.15, 0.2) is 0 Å². The lowest BCUT2D eigenvalue weighted by Gasteiger charge is -2.09. The minimum absolute atomic E-state index is 0.686. The van der Waals surface area contributed by atoms with Crippen LogP contribution in [0.1, 0.15) is 12.7 Å². The summed E-state index contributed by atoms with van der Waals surface area (Å²) in [4.78, 5) is 4.61. The highest BCUT2D eigenvalue weighted by atomic mass is 35.5. The third kappa shape index (κ3) is 2.83. The van der Waals surface area contributed by atoms with E-state index >= 15 is 0 Å². The van der Waals surface area contributed by atoms with E-state index in [9.17, 15) is 0 Å². The van der Waals surface area contributed by atoms with Crippen molar-refractivity contribution in [2.24, 2.45) is 0 Å². The van der Waals surface area contributed by atoms with Crippen molar-refractivity contribution in [3.63, 3.8) is 0 Å². The Hall–Kier alpha value is -1.10. The highest BCUT2D eigenvalue weighted by Crippen LogP contribution is 2.20. The fraction of sp³-hybridized carbons (Fsp3) is 0.462. The zero-order chi connectivity index (χ0) is 13.0. The van der Waals surface area contributed by atoms with Gasteiger partial charge >= 0.3 is 0 Å². The van der Waals surface area contributed by atoms with Crippen LogP contribution in [0.3, 0.4) is 0 Å². The molecule has 5 heteroatoms. The molecule has 0 aliphatic rings. The number of hydrogen-bond acceptors (Lipinski definition) is 3. The molecule has 0 aliphatic carbocycles. The van der Waals surface area contributed by atoms with Gasteiger partial charge in [-0.3, -0.25) is 0 Å². The highest BCUT2D eigenvalue weighted by Gasteiger charge is 2.10. The Morgan fingerprint density at radius 2 is 2.28 bits per heavy atom. The van der Waals surface area contributed by atoms with Gasteiger partial charge in [-0.2, -0.15) is 0 Å². The lowest BCUT2D eigenvalue weighted by molar-refractivity contribution is 0.139. The Kier molecular flexibility index (Phi) is 4.58. The van der Waals surface area contributed by atoms with Crippen LogP contribution < -0.4 is 5.32 Å². The normalized spacial score (nSPS) is 11.3. The fourth-order valence-electron chi connectivity index (χ4n) is 1.99. The highest BCUT2D eigenvalue weighted by molar-refractivity contribution is 6.31. The molecule has 0 saturated heterocycles. The fourth-order valence-corrected chi connectivity index (χ4v) is 2.15. The summed E-state index contributed by atoms with van der Waals surface area (Å²) in [6.45, 7) is 4.94. The number of aromatic nitrogens is 2. The largest absolute Gasteiger partial charge is 0.380 e. The molecule has 4 nitrogen and oxygen atoms in total. The van der Waals surface area contributed by atoms with Crippen LogP contribution in [0.4, 0.5) is 0 Å². The molecule has 98 valence electrons. The Morgan fingerprint density at radius 3 is 3.00 bits per heavy atom. The van der Waals surface area contributed by atoms with Crippen molar-refractivity contribution in [1.29, 1.82) is 0 Å². The van der Waals surface area contributed by atoms with Crippen molar-refractivity contribution >= 4 is 22.6 Å². The van der Waals surface area contributed by atoms with Crippen LogP contribution in [0.5, 0.6) is 0 Å². The number of halogens is 1. The summed E-state index contributed by atoms with van der Waals surface area (Å²) in [5.74, 6) is 1.01. The smallest absolute Gasteiger partial charge is 0.123 e. The van der Waals surface area contributed by atoms with Crippen LogP contribution >= 0.6 is 11.6 Å². The summed E-state index contributed by atoms with van der Waals surface area (Å²) in [6, 6.07) is 5.77. The molecule has 1 aromatic heterocycles. The number of nitrogens with zero attached hydrogens (tertiary/aromatic N) is 2. The molecule has 0 amide bonds. The van der Waals surface area contributed by atoms with E-state index in [1.165, 1.54) is 0 Å². The quantitative estimate of drug-likeness (QED) is 0.817. The average Bonchev–Trinajstić information content (AvgIpc) is 2.68. The Morgan fingerprint density at radius 1 is 1.44 bits per heavy atom. The Bertz CT molecular complexity index is 524. The molecule has 0 atom stereocenters. The average molecular weight is 268 g/mol. The van der Waals surface area contributed by atoms with Crippen molar-refractivity contribution in [3.8, 4) is 0 Å². The second-order valence-electron chi connectivity index (χ2n) is 4.04. The van der Waals surface area contributed by atoms with E-state index in [0.29, 0.717) is 6.61 Å². The zero-order valence-electron chi connectivity index (χ0n) is 10.7. The molecule has 2 rings (SSSR count). The summed E-state index contributed by atoms with van der Waals surface area (Å²) in [5, 5.41) is 3.87. The van der Waals surface area contributed by atoms with Crippen LogP contribution in [-0.2, 0) is 17.8 Å². The van der Waals surface area contributed by atoms with Crippen molar-refractivity contribution in [3.05, 3.63) is 29.0 Å². The SMILES string of the molecule is CCOCCn1c(CNC)nc2ccc(Cl)cc21. The molecule has 0 bridgehead atoms. The first-order valence-corrected chi connectivity index (χ1v) is 6.51.